The minimum Gasteiger partial charge on any atom is -0.382 e. The van der Waals surface area contributed by atoms with Crippen molar-refractivity contribution < 1.29 is 13.6 Å². The molecule has 3 rings (SSSR count). The van der Waals surface area contributed by atoms with Gasteiger partial charge in [0, 0.05) is 5.69 Å². The maximum absolute atomic E-state index is 13.8. The number of thiazole rings is 1. The first-order chi connectivity index (χ1) is 11.5. The molecule has 0 radical (unpaired) electrons. The molecule has 0 saturated heterocycles. The van der Waals surface area contributed by atoms with Crippen molar-refractivity contribution in [1.29, 1.82) is 0 Å². The van der Waals surface area contributed by atoms with Gasteiger partial charge in [-0.3, -0.25) is 4.79 Å². The van der Waals surface area contributed by atoms with Gasteiger partial charge in [-0.25, -0.2) is 13.8 Å². The summed E-state index contributed by atoms with van der Waals surface area (Å²) in [6, 6.07) is 9.69. The SMILES string of the molecule is Nc1nc(Nc2ccc(F)c(Cl)c2)sc1C(=O)c1ccccc1F. The van der Waals surface area contributed by atoms with Crippen molar-refractivity contribution in [1.82, 2.24) is 4.98 Å². The zero-order valence-electron chi connectivity index (χ0n) is 12.0. The van der Waals surface area contributed by atoms with Crippen LogP contribution in [0.15, 0.2) is 42.5 Å². The number of hydrogen-bond donors (Lipinski definition) is 2. The van der Waals surface area contributed by atoms with Gasteiger partial charge < -0.3 is 11.1 Å². The van der Waals surface area contributed by atoms with E-state index in [-0.39, 0.29) is 21.3 Å². The molecule has 24 heavy (non-hydrogen) atoms. The van der Waals surface area contributed by atoms with Crippen LogP contribution in [-0.2, 0) is 0 Å². The van der Waals surface area contributed by atoms with E-state index < -0.39 is 17.4 Å². The quantitative estimate of drug-likeness (QED) is 0.661. The molecule has 1 aromatic heterocycles. The first-order valence-corrected chi connectivity index (χ1v) is 7.93. The highest BCUT2D eigenvalue weighted by atomic mass is 35.5. The summed E-state index contributed by atoms with van der Waals surface area (Å²) in [6.07, 6.45) is 0. The van der Waals surface area contributed by atoms with Crippen LogP contribution >= 0.6 is 22.9 Å². The third kappa shape index (κ3) is 3.22. The number of nitrogens with one attached hydrogen (secondary N) is 1. The van der Waals surface area contributed by atoms with Crippen LogP contribution in [0.2, 0.25) is 5.02 Å². The van der Waals surface area contributed by atoms with Gasteiger partial charge in [-0.1, -0.05) is 35.1 Å². The number of nitrogens with two attached hydrogens (primary N) is 1. The maximum atomic E-state index is 13.8. The number of hydrogen-bond acceptors (Lipinski definition) is 5. The summed E-state index contributed by atoms with van der Waals surface area (Å²) in [4.78, 5) is 16.6. The third-order valence-corrected chi connectivity index (χ3v) is 4.42. The molecule has 0 saturated carbocycles. The van der Waals surface area contributed by atoms with Gasteiger partial charge in [0.1, 0.15) is 22.3 Å². The molecule has 0 aliphatic rings. The highest BCUT2D eigenvalue weighted by Crippen LogP contribution is 2.31. The number of anilines is 3. The van der Waals surface area contributed by atoms with E-state index in [0.29, 0.717) is 10.8 Å². The van der Waals surface area contributed by atoms with E-state index in [0.717, 1.165) is 11.3 Å². The second kappa shape index (κ2) is 6.54. The predicted octanol–water partition coefficient (Wildman–Crippen LogP) is 4.63. The van der Waals surface area contributed by atoms with Crippen molar-refractivity contribution >= 4 is 45.4 Å². The Kier molecular flexibility index (Phi) is 4.46. The molecule has 0 spiro atoms. The molecule has 0 amide bonds. The minimum absolute atomic E-state index is 0.0102. The monoisotopic (exact) mass is 365 g/mol. The van der Waals surface area contributed by atoms with Gasteiger partial charge >= 0.3 is 0 Å². The van der Waals surface area contributed by atoms with Crippen LogP contribution in [-0.4, -0.2) is 10.8 Å². The third-order valence-electron chi connectivity index (χ3n) is 3.15. The molecule has 0 aliphatic carbocycles. The lowest BCUT2D eigenvalue weighted by Crippen LogP contribution is -2.04. The van der Waals surface area contributed by atoms with Crippen molar-refractivity contribution in [3.8, 4) is 0 Å². The number of aromatic nitrogens is 1. The standard InChI is InChI=1S/C16H10ClF2N3OS/c17-10-7-8(5-6-12(10)19)21-16-22-15(20)14(24-16)13(23)9-3-1-2-4-11(9)18/h1-7H,20H2,(H,21,22). The molecule has 1 heterocycles. The lowest BCUT2D eigenvalue weighted by molar-refractivity contribution is 0.103. The summed E-state index contributed by atoms with van der Waals surface area (Å²) in [5.41, 5.74) is 6.17. The number of nitrogen functional groups attached to an aromatic ring is 1. The van der Waals surface area contributed by atoms with E-state index in [9.17, 15) is 13.6 Å². The van der Waals surface area contributed by atoms with E-state index in [1.165, 1.54) is 36.4 Å². The Morgan fingerprint density at radius 3 is 2.62 bits per heavy atom. The van der Waals surface area contributed by atoms with Crippen LogP contribution in [0, 0.1) is 11.6 Å². The lowest BCUT2D eigenvalue weighted by Gasteiger charge is -2.03. The molecule has 8 heteroatoms. The Balaban J connectivity index is 1.89. The Morgan fingerprint density at radius 1 is 1.17 bits per heavy atom. The average molecular weight is 366 g/mol. The Hall–Kier alpha value is -2.51. The van der Waals surface area contributed by atoms with Gasteiger partial charge in [-0.15, -0.1) is 0 Å². The number of rotatable bonds is 4. The molecular formula is C16H10ClF2N3OS. The highest BCUT2D eigenvalue weighted by molar-refractivity contribution is 7.18. The van der Waals surface area contributed by atoms with Crippen molar-refractivity contribution in [3.05, 3.63) is 69.6 Å². The Labute approximate surface area is 144 Å². The normalized spacial score (nSPS) is 10.6. The zero-order valence-corrected chi connectivity index (χ0v) is 13.6. The van der Waals surface area contributed by atoms with Gasteiger partial charge in [0.25, 0.3) is 0 Å². The topological polar surface area (TPSA) is 68.0 Å². The Morgan fingerprint density at radius 2 is 1.92 bits per heavy atom. The number of ketones is 1. The fourth-order valence-corrected chi connectivity index (χ4v) is 3.05. The van der Waals surface area contributed by atoms with E-state index in [4.69, 9.17) is 17.3 Å². The van der Waals surface area contributed by atoms with Crippen LogP contribution in [0.4, 0.5) is 25.4 Å². The fraction of sp³-hybridized carbons (Fsp3) is 0. The second-order valence-corrected chi connectivity index (χ2v) is 6.20. The zero-order chi connectivity index (χ0) is 17.3. The molecule has 3 aromatic rings. The summed E-state index contributed by atoms with van der Waals surface area (Å²) >= 11 is 6.69. The van der Waals surface area contributed by atoms with Crippen LogP contribution in [0.5, 0.6) is 0 Å². The summed E-state index contributed by atoms with van der Waals surface area (Å²) in [5.74, 6) is -1.73. The predicted molar refractivity (Wildman–Crippen MR) is 91.1 cm³/mol. The van der Waals surface area contributed by atoms with Gasteiger partial charge in [-0.2, -0.15) is 0 Å². The average Bonchev–Trinajstić information content (AvgIpc) is 2.91. The first-order valence-electron chi connectivity index (χ1n) is 6.73. The molecule has 2 aromatic carbocycles. The molecule has 122 valence electrons. The van der Waals surface area contributed by atoms with Crippen molar-refractivity contribution in [2.45, 2.75) is 0 Å². The van der Waals surface area contributed by atoms with Crippen molar-refractivity contribution in [3.63, 3.8) is 0 Å². The lowest BCUT2D eigenvalue weighted by atomic mass is 10.1. The second-order valence-electron chi connectivity index (χ2n) is 4.80. The largest absolute Gasteiger partial charge is 0.382 e. The number of carbonyl (C=O) groups is 1. The maximum Gasteiger partial charge on any atom is 0.209 e. The fourth-order valence-electron chi connectivity index (χ4n) is 2.01. The summed E-state index contributed by atoms with van der Waals surface area (Å²) in [5, 5.41) is 3.15. The van der Waals surface area contributed by atoms with E-state index in [1.807, 2.05) is 0 Å². The summed E-state index contributed by atoms with van der Waals surface area (Å²) in [6.45, 7) is 0. The van der Waals surface area contributed by atoms with Crippen LogP contribution in [0.1, 0.15) is 15.2 Å². The smallest absolute Gasteiger partial charge is 0.209 e. The van der Waals surface area contributed by atoms with Crippen LogP contribution < -0.4 is 11.1 Å². The molecule has 0 bridgehead atoms. The van der Waals surface area contributed by atoms with Gasteiger partial charge in [0.2, 0.25) is 5.78 Å². The van der Waals surface area contributed by atoms with E-state index in [1.54, 1.807) is 6.07 Å². The molecule has 3 N–H and O–H groups in total. The van der Waals surface area contributed by atoms with E-state index in [2.05, 4.69) is 10.3 Å². The molecular weight excluding hydrogens is 356 g/mol. The number of nitrogens with zero attached hydrogens (tertiary/aromatic N) is 1. The number of halogens is 3. The first kappa shape index (κ1) is 16.4. The molecule has 0 unspecified atom stereocenters. The number of carbonyl (C=O) groups excluding carboxylic acids is 1. The van der Waals surface area contributed by atoms with Crippen molar-refractivity contribution in [2.24, 2.45) is 0 Å². The van der Waals surface area contributed by atoms with Crippen molar-refractivity contribution in [2.75, 3.05) is 11.1 Å². The number of benzene rings is 2. The summed E-state index contributed by atoms with van der Waals surface area (Å²) < 4.78 is 26.9. The van der Waals surface area contributed by atoms with Gasteiger partial charge in [-0.05, 0) is 30.3 Å². The van der Waals surface area contributed by atoms with Gasteiger partial charge in [0.05, 0.1) is 10.6 Å². The molecule has 0 aliphatic heterocycles. The summed E-state index contributed by atoms with van der Waals surface area (Å²) in [7, 11) is 0. The molecule has 0 fully saturated rings. The van der Waals surface area contributed by atoms with Crippen LogP contribution in [0.25, 0.3) is 0 Å². The van der Waals surface area contributed by atoms with Crippen LogP contribution in [0.3, 0.4) is 0 Å². The molecule has 4 nitrogen and oxygen atoms in total. The highest BCUT2D eigenvalue weighted by Gasteiger charge is 2.20. The Bertz CT molecular complexity index is 929. The minimum atomic E-state index is -0.630. The van der Waals surface area contributed by atoms with E-state index >= 15 is 0 Å². The van der Waals surface area contributed by atoms with Gasteiger partial charge in [0.15, 0.2) is 5.13 Å². The molecule has 0 atom stereocenters.